The van der Waals surface area contributed by atoms with Gasteiger partial charge in [0.1, 0.15) is 5.75 Å². The molecule has 0 unspecified atom stereocenters. The van der Waals surface area contributed by atoms with E-state index in [1.807, 2.05) is 44.2 Å². The van der Waals surface area contributed by atoms with Crippen molar-refractivity contribution in [3.05, 3.63) is 58.1 Å². The smallest absolute Gasteiger partial charge is 0.255 e. The summed E-state index contributed by atoms with van der Waals surface area (Å²) < 4.78 is 6.49. The van der Waals surface area contributed by atoms with E-state index in [4.69, 9.17) is 4.74 Å². The second-order valence-corrected chi connectivity index (χ2v) is 5.76. The molecule has 3 nitrogen and oxygen atoms in total. The van der Waals surface area contributed by atoms with Gasteiger partial charge in [-0.3, -0.25) is 4.79 Å². The Labute approximate surface area is 133 Å². The maximum Gasteiger partial charge on any atom is 0.255 e. The van der Waals surface area contributed by atoms with Crippen molar-refractivity contribution in [2.45, 2.75) is 20.3 Å². The maximum absolute atomic E-state index is 12.3. The van der Waals surface area contributed by atoms with Crippen molar-refractivity contribution in [3.63, 3.8) is 0 Å². The predicted molar refractivity (Wildman–Crippen MR) is 89.1 cm³/mol. The van der Waals surface area contributed by atoms with Gasteiger partial charge < -0.3 is 10.1 Å². The van der Waals surface area contributed by atoms with Crippen LogP contribution in [0.4, 0.5) is 5.69 Å². The van der Waals surface area contributed by atoms with E-state index in [0.29, 0.717) is 12.2 Å². The summed E-state index contributed by atoms with van der Waals surface area (Å²) in [7, 11) is 0. The van der Waals surface area contributed by atoms with Crippen molar-refractivity contribution < 1.29 is 9.53 Å². The third-order valence-corrected chi connectivity index (χ3v) is 3.33. The number of carbonyl (C=O) groups excluding carboxylic acids is 1. The fourth-order valence-electron chi connectivity index (χ4n) is 1.96. The molecule has 0 heterocycles. The lowest BCUT2D eigenvalue weighted by atomic mass is 10.2. The molecule has 4 heteroatoms. The zero-order valence-electron chi connectivity index (χ0n) is 12.2. The Morgan fingerprint density at radius 2 is 2.05 bits per heavy atom. The number of nitrogens with one attached hydrogen (secondary N) is 1. The summed E-state index contributed by atoms with van der Waals surface area (Å²) >= 11 is 3.43. The summed E-state index contributed by atoms with van der Waals surface area (Å²) in [6.07, 6.45) is 0.938. The molecule has 0 radical (unpaired) electrons. The van der Waals surface area contributed by atoms with Crippen molar-refractivity contribution in [1.82, 2.24) is 0 Å². The van der Waals surface area contributed by atoms with E-state index in [0.717, 1.165) is 27.9 Å². The van der Waals surface area contributed by atoms with Crippen molar-refractivity contribution in [2.24, 2.45) is 0 Å². The number of hydrogen-bond donors (Lipinski definition) is 1. The van der Waals surface area contributed by atoms with Crippen LogP contribution in [0.3, 0.4) is 0 Å². The average Bonchev–Trinajstić information content (AvgIpc) is 2.44. The van der Waals surface area contributed by atoms with Gasteiger partial charge in [-0.1, -0.05) is 28.9 Å². The first-order valence-electron chi connectivity index (χ1n) is 6.90. The van der Waals surface area contributed by atoms with Crippen LogP contribution in [0.15, 0.2) is 46.9 Å². The highest BCUT2D eigenvalue weighted by atomic mass is 79.9. The molecule has 0 spiro atoms. The first-order valence-corrected chi connectivity index (χ1v) is 7.69. The maximum atomic E-state index is 12.3. The van der Waals surface area contributed by atoms with Gasteiger partial charge in [0.15, 0.2) is 0 Å². The van der Waals surface area contributed by atoms with E-state index in [9.17, 15) is 4.79 Å². The van der Waals surface area contributed by atoms with Crippen molar-refractivity contribution in [2.75, 3.05) is 11.9 Å². The summed E-state index contributed by atoms with van der Waals surface area (Å²) in [5.41, 5.74) is 2.44. The van der Waals surface area contributed by atoms with Crippen LogP contribution in [-0.2, 0) is 0 Å². The number of carbonyl (C=O) groups is 1. The van der Waals surface area contributed by atoms with Gasteiger partial charge >= 0.3 is 0 Å². The van der Waals surface area contributed by atoms with Gasteiger partial charge in [0.2, 0.25) is 0 Å². The molecule has 1 amide bonds. The first kappa shape index (κ1) is 15.6. The highest BCUT2D eigenvalue weighted by Gasteiger charge is 2.08. The van der Waals surface area contributed by atoms with Gasteiger partial charge in [-0.05, 0) is 55.3 Å². The number of benzene rings is 2. The standard InChI is InChI=1S/C17H18BrNO2/c1-3-7-21-16-6-4-5-13(10-16)17(20)19-15-9-12(2)8-14(18)11-15/h4-6,8-11H,3,7H2,1-2H3,(H,19,20). The molecule has 21 heavy (non-hydrogen) atoms. The highest BCUT2D eigenvalue weighted by Crippen LogP contribution is 2.20. The van der Waals surface area contributed by atoms with Crippen LogP contribution in [-0.4, -0.2) is 12.5 Å². The summed E-state index contributed by atoms with van der Waals surface area (Å²) in [6, 6.07) is 13.0. The van der Waals surface area contributed by atoms with Crippen LogP contribution < -0.4 is 10.1 Å². The highest BCUT2D eigenvalue weighted by molar-refractivity contribution is 9.10. The fourth-order valence-corrected chi connectivity index (χ4v) is 2.57. The lowest BCUT2D eigenvalue weighted by Gasteiger charge is -2.09. The Hall–Kier alpha value is -1.81. The molecule has 0 aliphatic heterocycles. The van der Waals surface area contributed by atoms with Crippen molar-refractivity contribution >= 4 is 27.5 Å². The van der Waals surface area contributed by atoms with Crippen LogP contribution in [0.2, 0.25) is 0 Å². The quantitative estimate of drug-likeness (QED) is 0.843. The topological polar surface area (TPSA) is 38.3 Å². The van der Waals surface area contributed by atoms with Gasteiger partial charge in [-0.2, -0.15) is 0 Å². The Kier molecular flexibility index (Phi) is 5.39. The number of hydrogen-bond acceptors (Lipinski definition) is 2. The molecule has 0 bridgehead atoms. The number of halogens is 1. The van der Waals surface area contributed by atoms with Crippen LogP contribution in [0.1, 0.15) is 29.3 Å². The minimum absolute atomic E-state index is 0.144. The third kappa shape index (κ3) is 4.60. The van der Waals surface area contributed by atoms with E-state index in [-0.39, 0.29) is 5.91 Å². The molecule has 110 valence electrons. The van der Waals surface area contributed by atoms with Crippen LogP contribution in [0, 0.1) is 6.92 Å². The third-order valence-electron chi connectivity index (χ3n) is 2.87. The molecule has 0 saturated heterocycles. The Bertz CT molecular complexity index is 620. The molecule has 2 aromatic rings. The van der Waals surface area contributed by atoms with Crippen LogP contribution >= 0.6 is 15.9 Å². The van der Waals surface area contributed by atoms with Gasteiger partial charge in [0.25, 0.3) is 5.91 Å². The fraction of sp³-hybridized carbons (Fsp3) is 0.235. The molecule has 2 aromatic carbocycles. The number of aryl methyl sites for hydroxylation is 1. The number of ether oxygens (including phenoxy) is 1. The molecule has 0 aromatic heterocycles. The van der Waals surface area contributed by atoms with Gasteiger partial charge in [-0.15, -0.1) is 0 Å². The molecule has 0 aliphatic carbocycles. The predicted octanol–water partition coefficient (Wildman–Crippen LogP) is 4.80. The summed E-state index contributed by atoms with van der Waals surface area (Å²) in [5, 5.41) is 2.90. The lowest BCUT2D eigenvalue weighted by molar-refractivity contribution is 0.102. The van der Waals surface area contributed by atoms with E-state index in [1.165, 1.54) is 0 Å². The lowest BCUT2D eigenvalue weighted by Crippen LogP contribution is -2.12. The SMILES string of the molecule is CCCOc1cccc(C(=O)Nc2cc(C)cc(Br)c2)c1. The normalized spacial score (nSPS) is 10.2. The van der Waals surface area contributed by atoms with Gasteiger partial charge in [0.05, 0.1) is 6.61 Å². The molecule has 2 rings (SSSR count). The van der Waals surface area contributed by atoms with Crippen molar-refractivity contribution in [1.29, 1.82) is 0 Å². The zero-order valence-corrected chi connectivity index (χ0v) is 13.7. The average molecular weight is 348 g/mol. The second kappa shape index (κ2) is 7.27. The zero-order chi connectivity index (χ0) is 15.2. The Morgan fingerprint density at radius 1 is 1.24 bits per heavy atom. The molecular formula is C17H18BrNO2. The van der Waals surface area contributed by atoms with Gasteiger partial charge in [0, 0.05) is 15.7 Å². The number of amides is 1. The van der Waals surface area contributed by atoms with E-state index >= 15 is 0 Å². The van der Waals surface area contributed by atoms with E-state index in [2.05, 4.69) is 21.2 Å². The van der Waals surface area contributed by atoms with Crippen LogP contribution in [0.25, 0.3) is 0 Å². The first-order chi connectivity index (χ1) is 10.1. The van der Waals surface area contributed by atoms with Crippen molar-refractivity contribution in [3.8, 4) is 5.75 Å². The minimum atomic E-state index is -0.144. The number of rotatable bonds is 5. The summed E-state index contributed by atoms with van der Waals surface area (Å²) in [4.78, 5) is 12.3. The van der Waals surface area contributed by atoms with Gasteiger partial charge in [-0.25, -0.2) is 0 Å². The summed E-state index contributed by atoms with van der Waals surface area (Å²) in [5.74, 6) is 0.573. The minimum Gasteiger partial charge on any atom is -0.494 e. The van der Waals surface area contributed by atoms with E-state index in [1.54, 1.807) is 12.1 Å². The molecule has 1 N–H and O–H groups in total. The second-order valence-electron chi connectivity index (χ2n) is 4.85. The summed E-state index contributed by atoms with van der Waals surface area (Å²) in [6.45, 7) is 4.68. The number of anilines is 1. The monoisotopic (exact) mass is 347 g/mol. The molecule has 0 aliphatic rings. The Morgan fingerprint density at radius 3 is 2.76 bits per heavy atom. The Balaban J connectivity index is 2.12. The molecule has 0 saturated carbocycles. The van der Waals surface area contributed by atoms with E-state index < -0.39 is 0 Å². The molecule has 0 atom stereocenters. The molecule has 0 fully saturated rings. The van der Waals surface area contributed by atoms with Crippen LogP contribution in [0.5, 0.6) is 5.75 Å². The molecular weight excluding hydrogens is 330 g/mol. The largest absolute Gasteiger partial charge is 0.494 e.